The summed E-state index contributed by atoms with van der Waals surface area (Å²) in [5, 5.41) is 15.0. The van der Waals surface area contributed by atoms with Crippen molar-refractivity contribution in [2.75, 3.05) is 0 Å². The summed E-state index contributed by atoms with van der Waals surface area (Å²) in [4.78, 5) is 16.9. The molecule has 0 fully saturated rings. The SMILES string of the molecule is CCC(O)(CC)Cn1cnc2c(cnn2-c2ccc(F)cc2)c1=O. The van der Waals surface area contributed by atoms with Gasteiger partial charge in [0.05, 0.1) is 24.0 Å². The van der Waals surface area contributed by atoms with Gasteiger partial charge in [0.1, 0.15) is 17.5 Å². The standard InChI is InChI=1S/C17H19FN4O2/c1-3-17(24,4-2)10-21-11-19-15-14(16(21)23)9-20-22(15)13-7-5-12(18)6-8-13/h5-9,11,24H,3-4,10H2,1-2H3. The van der Waals surface area contributed by atoms with Crippen LogP contribution in [-0.4, -0.2) is 30.0 Å². The smallest absolute Gasteiger partial charge is 0.264 e. The lowest BCUT2D eigenvalue weighted by Gasteiger charge is -2.25. The Labute approximate surface area is 138 Å². The fourth-order valence-electron chi connectivity index (χ4n) is 2.62. The van der Waals surface area contributed by atoms with Crippen LogP contribution < -0.4 is 5.56 Å². The minimum Gasteiger partial charge on any atom is -0.388 e. The molecular weight excluding hydrogens is 311 g/mol. The maximum Gasteiger partial charge on any atom is 0.264 e. The molecule has 0 atom stereocenters. The third-order valence-corrected chi connectivity index (χ3v) is 4.41. The van der Waals surface area contributed by atoms with E-state index < -0.39 is 5.60 Å². The van der Waals surface area contributed by atoms with Crippen LogP contribution in [0.25, 0.3) is 16.7 Å². The van der Waals surface area contributed by atoms with Crippen molar-refractivity contribution >= 4 is 11.0 Å². The minimum atomic E-state index is -0.938. The van der Waals surface area contributed by atoms with Gasteiger partial charge in [0.25, 0.3) is 5.56 Å². The molecular formula is C17H19FN4O2. The lowest BCUT2D eigenvalue weighted by molar-refractivity contribution is 0.0140. The number of hydrogen-bond acceptors (Lipinski definition) is 4. The van der Waals surface area contributed by atoms with Crippen LogP contribution in [0.1, 0.15) is 26.7 Å². The van der Waals surface area contributed by atoms with Crippen molar-refractivity contribution in [3.8, 4) is 5.69 Å². The van der Waals surface area contributed by atoms with Crippen LogP contribution >= 0.6 is 0 Å². The van der Waals surface area contributed by atoms with Gasteiger partial charge in [0.2, 0.25) is 0 Å². The molecule has 3 rings (SSSR count). The molecule has 0 bridgehead atoms. The third kappa shape index (κ3) is 2.82. The number of aromatic nitrogens is 4. The summed E-state index contributed by atoms with van der Waals surface area (Å²) >= 11 is 0. The molecule has 0 saturated heterocycles. The van der Waals surface area contributed by atoms with Crippen molar-refractivity contribution in [1.29, 1.82) is 0 Å². The van der Waals surface area contributed by atoms with Crippen molar-refractivity contribution in [3.63, 3.8) is 0 Å². The highest BCUT2D eigenvalue weighted by Crippen LogP contribution is 2.18. The van der Waals surface area contributed by atoms with E-state index in [9.17, 15) is 14.3 Å². The quantitative estimate of drug-likeness (QED) is 0.779. The molecule has 6 nitrogen and oxygen atoms in total. The lowest BCUT2D eigenvalue weighted by Crippen LogP contribution is -2.37. The van der Waals surface area contributed by atoms with Crippen LogP contribution in [0.2, 0.25) is 0 Å². The van der Waals surface area contributed by atoms with E-state index in [0.717, 1.165) is 0 Å². The van der Waals surface area contributed by atoms with Crippen molar-refractivity contribution in [2.24, 2.45) is 0 Å². The number of nitrogens with zero attached hydrogens (tertiary/aromatic N) is 4. The first-order valence-electron chi connectivity index (χ1n) is 7.89. The second-order valence-electron chi connectivity index (χ2n) is 5.88. The second kappa shape index (κ2) is 6.16. The van der Waals surface area contributed by atoms with Crippen LogP contribution in [0, 0.1) is 5.82 Å². The summed E-state index contributed by atoms with van der Waals surface area (Å²) < 4.78 is 16.0. The number of aliphatic hydroxyl groups is 1. The zero-order chi connectivity index (χ0) is 17.3. The van der Waals surface area contributed by atoms with E-state index in [1.807, 2.05) is 13.8 Å². The molecule has 2 aromatic heterocycles. The number of halogens is 1. The highest BCUT2D eigenvalue weighted by atomic mass is 19.1. The van der Waals surface area contributed by atoms with E-state index in [1.54, 1.807) is 12.1 Å². The summed E-state index contributed by atoms with van der Waals surface area (Å²) in [6.45, 7) is 3.95. The molecule has 0 saturated carbocycles. The average molecular weight is 330 g/mol. The van der Waals surface area contributed by atoms with Gasteiger partial charge in [-0.15, -0.1) is 0 Å². The molecule has 0 aliphatic carbocycles. The van der Waals surface area contributed by atoms with Gasteiger partial charge in [-0.1, -0.05) is 13.8 Å². The Morgan fingerprint density at radius 3 is 2.50 bits per heavy atom. The Morgan fingerprint density at radius 2 is 1.88 bits per heavy atom. The number of rotatable bonds is 5. The molecule has 7 heteroatoms. The minimum absolute atomic E-state index is 0.184. The van der Waals surface area contributed by atoms with Crippen molar-refractivity contribution in [2.45, 2.75) is 38.8 Å². The van der Waals surface area contributed by atoms with Crippen molar-refractivity contribution in [3.05, 3.63) is 53.0 Å². The summed E-state index contributed by atoms with van der Waals surface area (Å²) in [5.41, 5.74) is -0.172. The van der Waals surface area contributed by atoms with Gasteiger partial charge >= 0.3 is 0 Å². The third-order valence-electron chi connectivity index (χ3n) is 4.41. The molecule has 1 N–H and O–H groups in total. The summed E-state index contributed by atoms with van der Waals surface area (Å²) in [5.74, 6) is -0.344. The van der Waals surface area contributed by atoms with Crippen LogP contribution in [-0.2, 0) is 6.54 Å². The molecule has 24 heavy (non-hydrogen) atoms. The molecule has 2 heterocycles. The molecule has 0 radical (unpaired) electrons. The molecule has 126 valence electrons. The zero-order valence-electron chi connectivity index (χ0n) is 13.6. The summed E-state index contributed by atoms with van der Waals surface area (Å²) in [7, 11) is 0. The number of hydrogen-bond donors (Lipinski definition) is 1. The molecule has 3 aromatic rings. The average Bonchev–Trinajstić information content (AvgIpc) is 3.03. The lowest BCUT2D eigenvalue weighted by atomic mass is 9.97. The molecule has 0 amide bonds. The highest BCUT2D eigenvalue weighted by Gasteiger charge is 2.24. The first kappa shape index (κ1) is 16.3. The normalized spacial score (nSPS) is 12.0. The zero-order valence-corrected chi connectivity index (χ0v) is 13.6. The van der Waals surface area contributed by atoms with Gasteiger partial charge in [-0.3, -0.25) is 9.36 Å². The van der Waals surface area contributed by atoms with Gasteiger partial charge in [-0.2, -0.15) is 5.10 Å². The van der Waals surface area contributed by atoms with Crippen LogP contribution in [0.3, 0.4) is 0 Å². The first-order valence-corrected chi connectivity index (χ1v) is 7.89. The molecule has 0 spiro atoms. The topological polar surface area (TPSA) is 72.9 Å². The Bertz CT molecular complexity index is 910. The molecule has 0 unspecified atom stereocenters. The van der Waals surface area contributed by atoms with E-state index >= 15 is 0 Å². The molecule has 0 aliphatic rings. The Hall–Kier alpha value is -2.54. The van der Waals surface area contributed by atoms with Gasteiger partial charge in [0, 0.05) is 0 Å². The van der Waals surface area contributed by atoms with Crippen LogP contribution in [0.4, 0.5) is 4.39 Å². The monoisotopic (exact) mass is 330 g/mol. The van der Waals surface area contributed by atoms with Gasteiger partial charge in [0.15, 0.2) is 5.65 Å². The van der Waals surface area contributed by atoms with E-state index in [2.05, 4.69) is 10.1 Å². The first-order chi connectivity index (χ1) is 11.5. The van der Waals surface area contributed by atoms with E-state index in [0.29, 0.717) is 29.6 Å². The van der Waals surface area contributed by atoms with Gasteiger partial charge < -0.3 is 5.11 Å². The number of benzene rings is 1. The molecule has 0 aliphatic heterocycles. The van der Waals surface area contributed by atoms with Gasteiger partial charge in [-0.25, -0.2) is 14.1 Å². The van der Waals surface area contributed by atoms with Crippen molar-refractivity contribution in [1.82, 2.24) is 19.3 Å². The largest absolute Gasteiger partial charge is 0.388 e. The van der Waals surface area contributed by atoms with Crippen LogP contribution in [0.5, 0.6) is 0 Å². The Kier molecular flexibility index (Phi) is 4.19. The molecule has 1 aromatic carbocycles. The maximum absolute atomic E-state index is 13.1. The van der Waals surface area contributed by atoms with E-state index in [1.165, 1.54) is 33.9 Å². The fraction of sp³-hybridized carbons (Fsp3) is 0.353. The predicted octanol–water partition coefficient (Wildman–Crippen LogP) is 2.27. The van der Waals surface area contributed by atoms with Crippen molar-refractivity contribution < 1.29 is 9.50 Å². The highest BCUT2D eigenvalue weighted by molar-refractivity contribution is 5.74. The number of fused-ring (bicyclic) bond motifs is 1. The second-order valence-corrected chi connectivity index (χ2v) is 5.88. The Balaban J connectivity index is 2.06. The van der Waals surface area contributed by atoms with E-state index in [-0.39, 0.29) is 17.9 Å². The van der Waals surface area contributed by atoms with Gasteiger partial charge in [-0.05, 0) is 37.1 Å². The predicted molar refractivity (Wildman–Crippen MR) is 88.6 cm³/mol. The van der Waals surface area contributed by atoms with Crippen LogP contribution in [0.15, 0.2) is 41.6 Å². The Morgan fingerprint density at radius 1 is 1.21 bits per heavy atom. The fourth-order valence-corrected chi connectivity index (χ4v) is 2.62. The summed E-state index contributed by atoms with van der Waals surface area (Å²) in [6, 6.07) is 5.79. The summed E-state index contributed by atoms with van der Waals surface area (Å²) in [6.07, 6.45) is 3.95. The van der Waals surface area contributed by atoms with E-state index in [4.69, 9.17) is 0 Å². The maximum atomic E-state index is 13.1.